The molecule has 3 rings (SSSR count). The molecule has 9 heteroatoms. The maximum Gasteiger partial charge on any atom is 0.406 e. The summed E-state index contributed by atoms with van der Waals surface area (Å²) in [5, 5.41) is 0. The number of halogens is 3. The molecule has 2 aliphatic rings. The number of aromatic nitrogens is 2. The molecule has 1 spiro atoms. The van der Waals surface area contributed by atoms with E-state index in [2.05, 4.69) is 4.98 Å². The van der Waals surface area contributed by atoms with Gasteiger partial charge in [0, 0.05) is 24.6 Å². The maximum atomic E-state index is 12.5. The van der Waals surface area contributed by atoms with Crippen molar-refractivity contribution in [1.29, 1.82) is 0 Å². The van der Waals surface area contributed by atoms with Crippen LogP contribution in [0.3, 0.4) is 0 Å². The number of rotatable bonds is 3. The van der Waals surface area contributed by atoms with E-state index < -0.39 is 18.1 Å². The highest BCUT2D eigenvalue weighted by molar-refractivity contribution is 7.99. The Labute approximate surface area is 128 Å². The fraction of sp³-hybridized carbons (Fsp3) is 0.615. The van der Waals surface area contributed by atoms with Crippen molar-refractivity contribution in [2.24, 2.45) is 5.41 Å². The second kappa shape index (κ2) is 5.29. The van der Waals surface area contributed by atoms with Crippen LogP contribution in [0.1, 0.15) is 18.7 Å². The van der Waals surface area contributed by atoms with E-state index in [0.717, 1.165) is 15.2 Å². The maximum absolute atomic E-state index is 12.5. The standard InChI is InChI=1S/C13H14F3N3O2S/c14-13(15,16)7-18-3-2-17-9(18)6-19-10(20)5-12(11(19)21)1-4-22-8-12/h2-3H,1,4-8H2/t12-/m0/s1. The molecule has 0 radical (unpaired) electrons. The van der Waals surface area contributed by atoms with Crippen LogP contribution in [0.5, 0.6) is 0 Å². The van der Waals surface area contributed by atoms with Gasteiger partial charge >= 0.3 is 6.18 Å². The van der Waals surface area contributed by atoms with Crippen molar-refractivity contribution >= 4 is 23.6 Å². The van der Waals surface area contributed by atoms with Crippen LogP contribution in [-0.4, -0.2) is 43.9 Å². The van der Waals surface area contributed by atoms with E-state index in [-0.39, 0.29) is 30.6 Å². The van der Waals surface area contributed by atoms with E-state index in [1.807, 2.05) is 0 Å². The number of carbonyl (C=O) groups excluding carboxylic acids is 2. The normalized spacial score (nSPS) is 25.7. The van der Waals surface area contributed by atoms with E-state index in [4.69, 9.17) is 0 Å². The molecule has 22 heavy (non-hydrogen) atoms. The van der Waals surface area contributed by atoms with Crippen LogP contribution in [0.15, 0.2) is 12.4 Å². The third-order valence-electron chi connectivity index (χ3n) is 4.04. The summed E-state index contributed by atoms with van der Waals surface area (Å²) < 4.78 is 38.4. The Morgan fingerprint density at radius 3 is 2.77 bits per heavy atom. The number of likely N-dealkylation sites (tertiary alicyclic amines) is 1. The summed E-state index contributed by atoms with van der Waals surface area (Å²) in [4.78, 5) is 29.5. The van der Waals surface area contributed by atoms with E-state index in [9.17, 15) is 22.8 Å². The number of carbonyl (C=O) groups is 2. The van der Waals surface area contributed by atoms with Crippen molar-refractivity contribution in [1.82, 2.24) is 14.5 Å². The van der Waals surface area contributed by atoms with Crippen LogP contribution in [0.25, 0.3) is 0 Å². The number of amides is 2. The van der Waals surface area contributed by atoms with Gasteiger partial charge in [0.25, 0.3) is 0 Å². The number of hydrogen-bond acceptors (Lipinski definition) is 4. The highest BCUT2D eigenvalue weighted by Gasteiger charge is 2.53. The molecule has 0 saturated carbocycles. The van der Waals surface area contributed by atoms with Gasteiger partial charge in [0.1, 0.15) is 12.4 Å². The lowest BCUT2D eigenvalue weighted by molar-refractivity contribution is -0.142. The van der Waals surface area contributed by atoms with Crippen molar-refractivity contribution < 1.29 is 22.8 Å². The van der Waals surface area contributed by atoms with Gasteiger partial charge in [0.2, 0.25) is 11.8 Å². The first-order chi connectivity index (χ1) is 10.3. The first kappa shape index (κ1) is 15.4. The average Bonchev–Trinajstić information content (AvgIpc) is 3.08. The van der Waals surface area contributed by atoms with Crippen LogP contribution >= 0.6 is 11.8 Å². The van der Waals surface area contributed by atoms with Gasteiger partial charge in [0.15, 0.2) is 0 Å². The molecule has 0 aromatic carbocycles. The first-order valence-corrected chi connectivity index (χ1v) is 7.96. The molecule has 2 amide bonds. The van der Waals surface area contributed by atoms with Crippen LogP contribution in [0.2, 0.25) is 0 Å². The predicted octanol–water partition coefficient (Wildman–Crippen LogP) is 1.83. The smallest absolute Gasteiger partial charge is 0.324 e. The zero-order valence-electron chi connectivity index (χ0n) is 11.6. The van der Waals surface area contributed by atoms with Crippen LogP contribution in [-0.2, 0) is 22.7 Å². The fourth-order valence-corrected chi connectivity index (χ4v) is 4.35. The molecule has 1 aromatic heterocycles. The molecule has 2 fully saturated rings. The molecule has 0 unspecified atom stereocenters. The molecular formula is C13H14F3N3O2S. The lowest BCUT2D eigenvalue weighted by Crippen LogP contribution is -2.36. The Balaban J connectivity index is 1.78. The van der Waals surface area contributed by atoms with Crippen LogP contribution in [0.4, 0.5) is 13.2 Å². The highest BCUT2D eigenvalue weighted by Crippen LogP contribution is 2.45. The third kappa shape index (κ3) is 2.73. The number of imidazole rings is 1. The van der Waals surface area contributed by atoms with Crippen molar-refractivity contribution in [3.8, 4) is 0 Å². The fourth-order valence-electron chi connectivity index (χ4n) is 2.91. The molecule has 0 aliphatic carbocycles. The minimum absolute atomic E-state index is 0.0710. The molecule has 2 saturated heterocycles. The molecule has 3 heterocycles. The quantitative estimate of drug-likeness (QED) is 0.792. The van der Waals surface area contributed by atoms with Crippen molar-refractivity contribution in [2.75, 3.05) is 11.5 Å². The number of alkyl halides is 3. The first-order valence-electron chi connectivity index (χ1n) is 6.80. The Kier molecular flexibility index (Phi) is 3.70. The second-order valence-corrected chi connectivity index (χ2v) is 6.74. The van der Waals surface area contributed by atoms with Gasteiger partial charge in [-0.25, -0.2) is 4.98 Å². The minimum atomic E-state index is -4.38. The topological polar surface area (TPSA) is 55.2 Å². The van der Waals surface area contributed by atoms with E-state index in [1.54, 1.807) is 11.8 Å². The monoisotopic (exact) mass is 333 g/mol. The van der Waals surface area contributed by atoms with Crippen LogP contribution < -0.4 is 0 Å². The molecule has 120 valence electrons. The van der Waals surface area contributed by atoms with E-state index in [1.165, 1.54) is 12.4 Å². The Hall–Kier alpha value is -1.51. The minimum Gasteiger partial charge on any atom is -0.324 e. The second-order valence-electron chi connectivity index (χ2n) is 5.63. The summed E-state index contributed by atoms with van der Waals surface area (Å²) in [6.07, 6.45) is -1.13. The van der Waals surface area contributed by atoms with E-state index >= 15 is 0 Å². The molecule has 5 nitrogen and oxygen atoms in total. The van der Waals surface area contributed by atoms with Crippen molar-refractivity contribution in [3.05, 3.63) is 18.2 Å². The van der Waals surface area contributed by atoms with Gasteiger partial charge in [-0.1, -0.05) is 0 Å². The number of nitrogens with zero attached hydrogens (tertiary/aromatic N) is 3. The molecule has 0 bridgehead atoms. The largest absolute Gasteiger partial charge is 0.406 e. The summed E-state index contributed by atoms with van der Waals surface area (Å²) in [7, 11) is 0. The Morgan fingerprint density at radius 2 is 2.14 bits per heavy atom. The van der Waals surface area contributed by atoms with Crippen LogP contribution in [0, 0.1) is 5.41 Å². The molecule has 0 N–H and O–H groups in total. The van der Waals surface area contributed by atoms with Crippen molar-refractivity contribution in [2.45, 2.75) is 32.1 Å². The zero-order valence-corrected chi connectivity index (χ0v) is 12.4. The van der Waals surface area contributed by atoms with Gasteiger partial charge in [-0.05, 0) is 12.2 Å². The van der Waals surface area contributed by atoms with Gasteiger partial charge in [-0.2, -0.15) is 24.9 Å². The van der Waals surface area contributed by atoms with Gasteiger partial charge in [-0.3, -0.25) is 14.5 Å². The summed E-state index contributed by atoms with van der Waals surface area (Å²) >= 11 is 1.63. The summed E-state index contributed by atoms with van der Waals surface area (Å²) in [5.41, 5.74) is -0.650. The summed E-state index contributed by atoms with van der Waals surface area (Å²) in [5.74, 6) is 0.903. The Morgan fingerprint density at radius 1 is 1.36 bits per heavy atom. The number of thioether (sulfide) groups is 1. The van der Waals surface area contributed by atoms with E-state index in [0.29, 0.717) is 12.2 Å². The van der Waals surface area contributed by atoms with Gasteiger partial charge in [-0.15, -0.1) is 0 Å². The number of imide groups is 1. The van der Waals surface area contributed by atoms with Crippen molar-refractivity contribution in [3.63, 3.8) is 0 Å². The molecule has 1 atom stereocenters. The lowest BCUT2D eigenvalue weighted by Gasteiger charge is -2.20. The molecule has 2 aliphatic heterocycles. The summed E-state index contributed by atoms with van der Waals surface area (Å²) in [6, 6.07) is 0. The third-order valence-corrected chi connectivity index (χ3v) is 5.29. The SMILES string of the molecule is O=C1C[C@]2(CCSC2)C(=O)N1Cc1nccn1CC(F)(F)F. The zero-order chi connectivity index (χ0) is 16.0. The highest BCUT2D eigenvalue weighted by atomic mass is 32.2. The summed E-state index contributed by atoms with van der Waals surface area (Å²) in [6.45, 7) is -1.38. The Bertz CT molecular complexity index is 608. The lowest BCUT2D eigenvalue weighted by atomic mass is 9.86. The van der Waals surface area contributed by atoms with Gasteiger partial charge in [0.05, 0.1) is 12.0 Å². The van der Waals surface area contributed by atoms with Gasteiger partial charge < -0.3 is 4.57 Å². The molecular weight excluding hydrogens is 319 g/mol. The molecule has 1 aromatic rings. The number of hydrogen-bond donors (Lipinski definition) is 0. The predicted molar refractivity (Wildman–Crippen MR) is 72.8 cm³/mol. The average molecular weight is 333 g/mol.